The number of nitrogens with one attached hydrogen (secondary N) is 1. The van der Waals surface area contributed by atoms with Crippen LogP contribution in [0.2, 0.25) is 0 Å². The molecule has 0 aromatic heterocycles. The van der Waals surface area contributed by atoms with Crippen LogP contribution in [-0.2, 0) is 14.8 Å². The van der Waals surface area contributed by atoms with Crippen molar-refractivity contribution in [3.8, 4) is 0 Å². The van der Waals surface area contributed by atoms with Crippen molar-refractivity contribution in [1.29, 1.82) is 0 Å². The Labute approximate surface area is 136 Å². The van der Waals surface area contributed by atoms with E-state index in [4.69, 9.17) is 0 Å². The summed E-state index contributed by atoms with van der Waals surface area (Å²) in [5.41, 5.74) is 1.03. The van der Waals surface area contributed by atoms with Crippen molar-refractivity contribution in [3.05, 3.63) is 54.6 Å². The first-order valence-electron chi connectivity index (χ1n) is 7.55. The SMILES string of the molecule is CCC[C@H]1C(=O)Nc2ccccc2N1S(=O)(=O)c1ccccc1. The van der Waals surface area contributed by atoms with Gasteiger partial charge in [-0.15, -0.1) is 0 Å². The highest BCUT2D eigenvalue weighted by atomic mass is 32.2. The number of sulfonamides is 1. The smallest absolute Gasteiger partial charge is 0.265 e. The lowest BCUT2D eigenvalue weighted by Gasteiger charge is -2.36. The number of amides is 1. The van der Waals surface area contributed by atoms with Crippen LogP contribution in [0.15, 0.2) is 59.5 Å². The summed E-state index contributed by atoms with van der Waals surface area (Å²) in [7, 11) is -3.81. The fraction of sp³-hybridized carbons (Fsp3) is 0.235. The Morgan fingerprint density at radius 1 is 1.04 bits per heavy atom. The van der Waals surface area contributed by atoms with Gasteiger partial charge in [-0.1, -0.05) is 43.7 Å². The number of fused-ring (bicyclic) bond motifs is 1. The molecule has 0 saturated carbocycles. The van der Waals surface area contributed by atoms with Crippen LogP contribution < -0.4 is 9.62 Å². The molecule has 0 aliphatic carbocycles. The molecule has 0 saturated heterocycles. The third-order valence-corrected chi connectivity index (χ3v) is 5.68. The Morgan fingerprint density at radius 2 is 1.70 bits per heavy atom. The van der Waals surface area contributed by atoms with E-state index in [9.17, 15) is 13.2 Å². The van der Waals surface area contributed by atoms with E-state index in [0.717, 1.165) is 0 Å². The maximum absolute atomic E-state index is 13.1. The second kappa shape index (κ2) is 6.04. The summed E-state index contributed by atoms with van der Waals surface area (Å²) in [5.74, 6) is -0.287. The molecule has 0 bridgehead atoms. The summed E-state index contributed by atoms with van der Waals surface area (Å²) in [4.78, 5) is 12.6. The summed E-state index contributed by atoms with van der Waals surface area (Å²) in [6.07, 6.45) is 1.17. The third-order valence-electron chi connectivity index (χ3n) is 3.85. The average molecular weight is 330 g/mol. The van der Waals surface area contributed by atoms with Crippen molar-refractivity contribution in [1.82, 2.24) is 0 Å². The van der Waals surface area contributed by atoms with Gasteiger partial charge in [-0.05, 0) is 30.7 Å². The fourth-order valence-corrected chi connectivity index (χ4v) is 4.47. The van der Waals surface area contributed by atoms with Crippen LogP contribution in [0.4, 0.5) is 11.4 Å². The van der Waals surface area contributed by atoms with Crippen molar-refractivity contribution < 1.29 is 13.2 Å². The molecule has 2 aromatic carbocycles. The van der Waals surface area contributed by atoms with E-state index in [2.05, 4.69) is 5.32 Å². The summed E-state index contributed by atoms with van der Waals surface area (Å²) in [5, 5.41) is 2.80. The number of hydrogen-bond donors (Lipinski definition) is 1. The average Bonchev–Trinajstić information content (AvgIpc) is 2.56. The molecular weight excluding hydrogens is 312 g/mol. The predicted octanol–water partition coefficient (Wildman–Crippen LogP) is 3.00. The molecular formula is C17H18N2O3S. The zero-order chi connectivity index (χ0) is 16.4. The second-order valence-electron chi connectivity index (χ2n) is 5.42. The van der Waals surface area contributed by atoms with Gasteiger partial charge in [0.05, 0.1) is 16.3 Å². The normalized spacial score (nSPS) is 17.5. The number of carbonyl (C=O) groups is 1. The zero-order valence-corrected chi connectivity index (χ0v) is 13.6. The molecule has 3 rings (SSSR count). The number of anilines is 2. The summed E-state index contributed by atoms with van der Waals surface area (Å²) >= 11 is 0. The third kappa shape index (κ3) is 2.70. The van der Waals surface area contributed by atoms with Gasteiger partial charge in [-0.2, -0.15) is 0 Å². The summed E-state index contributed by atoms with van der Waals surface area (Å²) in [6, 6.07) is 14.5. The quantitative estimate of drug-likeness (QED) is 0.937. The summed E-state index contributed by atoms with van der Waals surface area (Å²) < 4.78 is 27.5. The molecule has 120 valence electrons. The molecule has 1 heterocycles. The molecule has 23 heavy (non-hydrogen) atoms. The molecule has 6 heteroatoms. The summed E-state index contributed by atoms with van der Waals surface area (Å²) in [6.45, 7) is 1.93. The lowest BCUT2D eigenvalue weighted by Crippen LogP contribution is -2.50. The van der Waals surface area contributed by atoms with Crippen molar-refractivity contribution in [2.24, 2.45) is 0 Å². The van der Waals surface area contributed by atoms with Crippen molar-refractivity contribution in [2.45, 2.75) is 30.7 Å². The van der Waals surface area contributed by atoms with Gasteiger partial charge in [0.15, 0.2) is 0 Å². The van der Waals surface area contributed by atoms with Gasteiger partial charge in [-0.3, -0.25) is 9.10 Å². The molecule has 0 radical (unpaired) electrons. The number of benzene rings is 2. The Morgan fingerprint density at radius 3 is 2.39 bits per heavy atom. The highest BCUT2D eigenvalue weighted by molar-refractivity contribution is 7.93. The number of hydrogen-bond acceptors (Lipinski definition) is 3. The molecule has 1 amide bonds. The minimum atomic E-state index is -3.81. The van der Waals surface area contributed by atoms with Crippen LogP contribution in [0.3, 0.4) is 0 Å². The standard InChI is InChI=1S/C17H18N2O3S/c1-2-8-16-17(20)18-14-11-6-7-12-15(14)19(16)23(21,22)13-9-4-3-5-10-13/h3-7,9-12,16H,2,8H2,1H3,(H,18,20)/t16-/m0/s1. The number of carbonyl (C=O) groups excluding carboxylic acids is 1. The van der Waals surface area contributed by atoms with Crippen LogP contribution in [-0.4, -0.2) is 20.4 Å². The second-order valence-corrected chi connectivity index (χ2v) is 7.24. The van der Waals surface area contributed by atoms with E-state index >= 15 is 0 Å². The van der Waals surface area contributed by atoms with E-state index in [1.165, 1.54) is 4.31 Å². The molecule has 2 aromatic rings. The lowest BCUT2D eigenvalue weighted by molar-refractivity contribution is -0.117. The van der Waals surface area contributed by atoms with Crippen LogP contribution in [0, 0.1) is 0 Å². The molecule has 1 atom stereocenters. The van der Waals surface area contributed by atoms with Crippen molar-refractivity contribution in [2.75, 3.05) is 9.62 Å². The van der Waals surface area contributed by atoms with Crippen molar-refractivity contribution in [3.63, 3.8) is 0 Å². The van der Waals surface area contributed by atoms with Gasteiger partial charge in [-0.25, -0.2) is 8.42 Å². The highest BCUT2D eigenvalue weighted by Crippen LogP contribution is 2.37. The van der Waals surface area contributed by atoms with Gasteiger partial charge in [0.2, 0.25) is 5.91 Å². The molecule has 1 N–H and O–H groups in total. The molecule has 0 spiro atoms. The number of nitrogens with zero attached hydrogens (tertiary/aromatic N) is 1. The molecule has 1 aliphatic rings. The molecule has 1 aliphatic heterocycles. The topological polar surface area (TPSA) is 66.5 Å². The van der Waals surface area contributed by atoms with E-state index in [-0.39, 0.29) is 10.8 Å². The van der Waals surface area contributed by atoms with Crippen LogP contribution >= 0.6 is 0 Å². The maximum Gasteiger partial charge on any atom is 0.265 e. The molecule has 0 unspecified atom stereocenters. The monoisotopic (exact) mass is 330 g/mol. The lowest BCUT2D eigenvalue weighted by atomic mass is 10.1. The van der Waals surface area contributed by atoms with Gasteiger partial charge in [0.1, 0.15) is 6.04 Å². The Balaban J connectivity index is 2.18. The van der Waals surface area contributed by atoms with Crippen molar-refractivity contribution >= 4 is 27.3 Å². The van der Waals surface area contributed by atoms with Gasteiger partial charge in [0.25, 0.3) is 10.0 Å². The number of rotatable bonds is 4. The van der Waals surface area contributed by atoms with Crippen LogP contribution in [0.1, 0.15) is 19.8 Å². The minimum absolute atomic E-state index is 0.186. The fourth-order valence-electron chi connectivity index (χ4n) is 2.79. The Bertz CT molecular complexity index is 819. The van der Waals surface area contributed by atoms with Gasteiger partial charge < -0.3 is 5.32 Å². The molecule has 0 fully saturated rings. The molecule has 5 nitrogen and oxygen atoms in total. The zero-order valence-electron chi connectivity index (χ0n) is 12.8. The number of para-hydroxylation sites is 2. The predicted molar refractivity (Wildman–Crippen MR) is 89.9 cm³/mol. The highest BCUT2D eigenvalue weighted by Gasteiger charge is 2.40. The Hall–Kier alpha value is -2.34. The minimum Gasteiger partial charge on any atom is -0.322 e. The largest absolute Gasteiger partial charge is 0.322 e. The van der Waals surface area contributed by atoms with E-state index in [1.54, 1.807) is 54.6 Å². The van der Waals surface area contributed by atoms with E-state index in [0.29, 0.717) is 24.2 Å². The first-order valence-corrected chi connectivity index (χ1v) is 8.99. The van der Waals surface area contributed by atoms with E-state index in [1.807, 2.05) is 6.92 Å². The van der Waals surface area contributed by atoms with Crippen LogP contribution in [0.25, 0.3) is 0 Å². The van der Waals surface area contributed by atoms with Crippen LogP contribution in [0.5, 0.6) is 0 Å². The Kier molecular flexibility index (Phi) is 4.09. The van der Waals surface area contributed by atoms with Gasteiger partial charge in [0, 0.05) is 0 Å². The van der Waals surface area contributed by atoms with Gasteiger partial charge >= 0.3 is 0 Å². The first-order chi connectivity index (χ1) is 11.1. The van der Waals surface area contributed by atoms with E-state index < -0.39 is 16.1 Å². The first kappa shape index (κ1) is 15.6. The maximum atomic E-state index is 13.1.